The zero-order chi connectivity index (χ0) is 10.6. The lowest BCUT2D eigenvalue weighted by Crippen LogP contribution is -2.21. The standard InChI is InChI=1S/C10H14F2N2/c1-14(2)6-5-13-10-4-3-8(11)7-9(10)12/h3-4,7,13H,5-6H2,1-2H3. The molecule has 0 amide bonds. The predicted octanol–water partition coefficient (Wildman–Crippen LogP) is 1.94. The number of hydrogen-bond acceptors (Lipinski definition) is 2. The van der Waals surface area contributed by atoms with Gasteiger partial charge in [-0.05, 0) is 26.2 Å². The molecule has 1 aromatic carbocycles. The average molecular weight is 200 g/mol. The number of nitrogens with zero attached hydrogens (tertiary/aromatic N) is 1. The van der Waals surface area contributed by atoms with E-state index < -0.39 is 11.6 Å². The van der Waals surface area contributed by atoms with Crippen LogP contribution in [-0.4, -0.2) is 32.1 Å². The highest BCUT2D eigenvalue weighted by Crippen LogP contribution is 2.14. The molecule has 0 spiro atoms. The monoisotopic (exact) mass is 200 g/mol. The highest BCUT2D eigenvalue weighted by Gasteiger charge is 2.02. The first-order valence-corrected chi connectivity index (χ1v) is 4.43. The van der Waals surface area contributed by atoms with E-state index in [-0.39, 0.29) is 0 Å². The molecule has 0 unspecified atom stereocenters. The minimum atomic E-state index is -0.555. The molecule has 0 aliphatic carbocycles. The third-order valence-electron chi connectivity index (χ3n) is 1.81. The van der Waals surface area contributed by atoms with Gasteiger partial charge in [-0.2, -0.15) is 0 Å². The van der Waals surface area contributed by atoms with Crippen LogP contribution >= 0.6 is 0 Å². The summed E-state index contributed by atoms with van der Waals surface area (Å²) in [7, 11) is 3.87. The van der Waals surface area contributed by atoms with Crippen molar-refractivity contribution >= 4 is 5.69 Å². The van der Waals surface area contributed by atoms with Crippen molar-refractivity contribution in [3.8, 4) is 0 Å². The second kappa shape index (κ2) is 4.91. The van der Waals surface area contributed by atoms with Crippen LogP contribution in [0.2, 0.25) is 0 Å². The molecule has 0 radical (unpaired) electrons. The van der Waals surface area contributed by atoms with Gasteiger partial charge in [-0.1, -0.05) is 0 Å². The second-order valence-electron chi connectivity index (χ2n) is 3.35. The number of halogens is 2. The van der Waals surface area contributed by atoms with Crippen LogP contribution in [0, 0.1) is 11.6 Å². The zero-order valence-electron chi connectivity index (χ0n) is 8.35. The SMILES string of the molecule is CN(C)CCNc1ccc(F)cc1F. The fraction of sp³-hybridized carbons (Fsp3) is 0.400. The summed E-state index contributed by atoms with van der Waals surface area (Å²) in [5.41, 5.74) is 0.341. The maximum atomic E-state index is 13.1. The Morgan fingerprint density at radius 2 is 2.00 bits per heavy atom. The molecule has 0 atom stereocenters. The molecule has 0 saturated heterocycles. The molecule has 0 aliphatic rings. The number of likely N-dealkylation sites (N-methyl/N-ethyl adjacent to an activating group) is 1. The van der Waals surface area contributed by atoms with E-state index in [2.05, 4.69) is 5.32 Å². The van der Waals surface area contributed by atoms with E-state index in [4.69, 9.17) is 0 Å². The Bertz CT molecular complexity index is 300. The van der Waals surface area contributed by atoms with Gasteiger partial charge in [-0.15, -0.1) is 0 Å². The van der Waals surface area contributed by atoms with Gasteiger partial charge in [0.1, 0.15) is 11.6 Å². The van der Waals surface area contributed by atoms with Gasteiger partial charge >= 0.3 is 0 Å². The number of nitrogens with one attached hydrogen (secondary N) is 1. The lowest BCUT2D eigenvalue weighted by molar-refractivity contribution is 0.425. The van der Waals surface area contributed by atoms with E-state index in [9.17, 15) is 8.78 Å². The third-order valence-corrected chi connectivity index (χ3v) is 1.81. The Morgan fingerprint density at radius 3 is 2.57 bits per heavy atom. The lowest BCUT2D eigenvalue weighted by atomic mass is 10.3. The van der Waals surface area contributed by atoms with Gasteiger partial charge in [0.05, 0.1) is 5.69 Å². The van der Waals surface area contributed by atoms with Crippen molar-refractivity contribution in [2.45, 2.75) is 0 Å². The van der Waals surface area contributed by atoms with E-state index in [0.29, 0.717) is 12.2 Å². The minimum absolute atomic E-state index is 0.341. The molecule has 2 nitrogen and oxygen atoms in total. The summed E-state index contributed by atoms with van der Waals surface area (Å²) in [5, 5.41) is 2.89. The van der Waals surface area contributed by atoms with E-state index >= 15 is 0 Å². The first-order chi connectivity index (χ1) is 6.59. The Hall–Kier alpha value is -1.16. The lowest BCUT2D eigenvalue weighted by Gasteiger charge is -2.11. The van der Waals surface area contributed by atoms with Gasteiger partial charge in [0.15, 0.2) is 0 Å². The molecule has 0 aliphatic heterocycles. The summed E-state index contributed by atoms with van der Waals surface area (Å²) < 4.78 is 25.6. The summed E-state index contributed by atoms with van der Waals surface area (Å²) in [4.78, 5) is 1.98. The zero-order valence-corrected chi connectivity index (χ0v) is 8.35. The predicted molar refractivity (Wildman–Crippen MR) is 53.4 cm³/mol. The van der Waals surface area contributed by atoms with Gasteiger partial charge < -0.3 is 10.2 Å². The number of anilines is 1. The van der Waals surface area contributed by atoms with Crippen molar-refractivity contribution < 1.29 is 8.78 Å². The molecule has 1 aromatic rings. The smallest absolute Gasteiger partial charge is 0.149 e. The molecule has 0 heterocycles. The third kappa shape index (κ3) is 3.30. The largest absolute Gasteiger partial charge is 0.381 e. The molecule has 14 heavy (non-hydrogen) atoms. The molecule has 0 aromatic heterocycles. The Balaban J connectivity index is 2.51. The molecule has 0 fully saturated rings. The Morgan fingerprint density at radius 1 is 1.29 bits per heavy atom. The number of hydrogen-bond donors (Lipinski definition) is 1. The molecule has 0 bridgehead atoms. The molecular weight excluding hydrogens is 186 g/mol. The van der Waals surface area contributed by atoms with Crippen molar-refractivity contribution in [2.75, 3.05) is 32.5 Å². The molecule has 78 valence electrons. The summed E-state index contributed by atoms with van der Waals surface area (Å²) in [5.74, 6) is -1.11. The molecular formula is C10H14F2N2. The number of benzene rings is 1. The Labute approximate surface area is 82.5 Å². The normalized spacial score (nSPS) is 10.6. The van der Waals surface area contributed by atoms with Crippen LogP contribution < -0.4 is 5.32 Å². The van der Waals surface area contributed by atoms with E-state index in [0.717, 1.165) is 12.6 Å². The van der Waals surface area contributed by atoms with Crippen molar-refractivity contribution in [2.24, 2.45) is 0 Å². The first kappa shape index (κ1) is 10.9. The molecule has 1 N–H and O–H groups in total. The van der Waals surface area contributed by atoms with Gasteiger partial charge in [0.2, 0.25) is 0 Å². The van der Waals surface area contributed by atoms with Crippen molar-refractivity contribution in [1.82, 2.24) is 4.90 Å². The van der Waals surface area contributed by atoms with E-state index in [1.807, 2.05) is 19.0 Å². The van der Waals surface area contributed by atoms with Crippen LogP contribution in [-0.2, 0) is 0 Å². The second-order valence-corrected chi connectivity index (χ2v) is 3.35. The van der Waals surface area contributed by atoms with Crippen LogP contribution in [0.3, 0.4) is 0 Å². The van der Waals surface area contributed by atoms with Gasteiger partial charge in [-0.25, -0.2) is 8.78 Å². The van der Waals surface area contributed by atoms with Crippen molar-refractivity contribution in [3.05, 3.63) is 29.8 Å². The average Bonchev–Trinajstić information content (AvgIpc) is 2.08. The highest BCUT2D eigenvalue weighted by atomic mass is 19.1. The maximum absolute atomic E-state index is 13.1. The fourth-order valence-electron chi connectivity index (χ4n) is 1.05. The van der Waals surface area contributed by atoms with Gasteiger partial charge in [0, 0.05) is 19.2 Å². The van der Waals surface area contributed by atoms with Crippen molar-refractivity contribution in [3.63, 3.8) is 0 Å². The van der Waals surface area contributed by atoms with Crippen LogP contribution in [0.25, 0.3) is 0 Å². The maximum Gasteiger partial charge on any atom is 0.149 e. The minimum Gasteiger partial charge on any atom is -0.381 e. The van der Waals surface area contributed by atoms with E-state index in [1.54, 1.807) is 0 Å². The molecule has 1 rings (SSSR count). The van der Waals surface area contributed by atoms with Crippen LogP contribution in [0.15, 0.2) is 18.2 Å². The Kier molecular flexibility index (Phi) is 3.83. The first-order valence-electron chi connectivity index (χ1n) is 4.43. The van der Waals surface area contributed by atoms with Crippen molar-refractivity contribution in [1.29, 1.82) is 0 Å². The summed E-state index contributed by atoms with van der Waals surface area (Å²) in [6, 6.07) is 3.51. The van der Waals surface area contributed by atoms with Gasteiger partial charge in [0.25, 0.3) is 0 Å². The fourth-order valence-corrected chi connectivity index (χ4v) is 1.05. The molecule has 0 saturated carbocycles. The van der Waals surface area contributed by atoms with Crippen LogP contribution in [0.4, 0.5) is 14.5 Å². The van der Waals surface area contributed by atoms with Crippen LogP contribution in [0.1, 0.15) is 0 Å². The quantitative estimate of drug-likeness (QED) is 0.799. The van der Waals surface area contributed by atoms with E-state index in [1.165, 1.54) is 12.1 Å². The summed E-state index contributed by atoms with van der Waals surface area (Å²) >= 11 is 0. The molecule has 4 heteroatoms. The topological polar surface area (TPSA) is 15.3 Å². The van der Waals surface area contributed by atoms with Crippen LogP contribution in [0.5, 0.6) is 0 Å². The number of rotatable bonds is 4. The summed E-state index contributed by atoms with van der Waals surface area (Å²) in [6.45, 7) is 1.44. The summed E-state index contributed by atoms with van der Waals surface area (Å²) in [6.07, 6.45) is 0. The van der Waals surface area contributed by atoms with Gasteiger partial charge in [-0.3, -0.25) is 0 Å². The highest BCUT2D eigenvalue weighted by molar-refractivity contribution is 5.44.